The standard InChI is InChI=1S/C15H24N2O2/c18-13-7-11-17(10-6-12-4-5-12)14(19)15(16-13)8-2-1-3-9-15/h12H,1-11H2,(H,16,18). The monoisotopic (exact) mass is 264 g/mol. The molecule has 1 N–H and O–H groups in total. The molecule has 2 aliphatic carbocycles. The van der Waals surface area contributed by atoms with Gasteiger partial charge in [-0.05, 0) is 25.2 Å². The molecule has 1 saturated heterocycles. The SMILES string of the molecule is O=C1CCN(CCC2CC2)C(=O)C2(CCCCC2)N1. The maximum absolute atomic E-state index is 12.8. The van der Waals surface area contributed by atoms with Crippen molar-refractivity contribution < 1.29 is 9.59 Å². The Labute approximate surface area is 114 Å². The van der Waals surface area contributed by atoms with E-state index in [9.17, 15) is 9.59 Å². The third-order valence-electron chi connectivity index (χ3n) is 4.90. The van der Waals surface area contributed by atoms with Crippen molar-refractivity contribution in [2.75, 3.05) is 13.1 Å². The highest BCUT2D eigenvalue weighted by molar-refractivity contribution is 5.93. The summed E-state index contributed by atoms with van der Waals surface area (Å²) in [5, 5.41) is 3.05. The fourth-order valence-electron chi connectivity index (χ4n) is 3.48. The van der Waals surface area contributed by atoms with E-state index in [1.807, 2.05) is 4.90 Å². The van der Waals surface area contributed by atoms with Crippen LogP contribution in [0.3, 0.4) is 0 Å². The van der Waals surface area contributed by atoms with Crippen molar-refractivity contribution in [2.24, 2.45) is 5.92 Å². The maximum Gasteiger partial charge on any atom is 0.248 e. The van der Waals surface area contributed by atoms with E-state index in [4.69, 9.17) is 0 Å². The molecule has 19 heavy (non-hydrogen) atoms. The second-order valence-electron chi connectivity index (χ2n) is 6.47. The predicted octanol–water partition coefficient (Wildman–Crippen LogP) is 1.84. The molecule has 0 aromatic carbocycles. The molecule has 0 radical (unpaired) electrons. The van der Waals surface area contributed by atoms with E-state index in [2.05, 4.69) is 5.32 Å². The smallest absolute Gasteiger partial charge is 0.248 e. The molecule has 0 unspecified atom stereocenters. The first-order valence-electron chi connectivity index (χ1n) is 7.80. The van der Waals surface area contributed by atoms with E-state index in [0.29, 0.717) is 13.0 Å². The molecule has 0 aromatic rings. The first-order valence-corrected chi connectivity index (χ1v) is 7.80. The summed E-state index contributed by atoms with van der Waals surface area (Å²) >= 11 is 0. The number of hydrogen-bond donors (Lipinski definition) is 1. The van der Waals surface area contributed by atoms with Crippen LogP contribution in [0.25, 0.3) is 0 Å². The molecule has 4 nitrogen and oxygen atoms in total. The van der Waals surface area contributed by atoms with Gasteiger partial charge in [0.05, 0.1) is 0 Å². The van der Waals surface area contributed by atoms with E-state index < -0.39 is 5.54 Å². The van der Waals surface area contributed by atoms with Crippen LogP contribution in [0.2, 0.25) is 0 Å². The van der Waals surface area contributed by atoms with E-state index in [0.717, 1.165) is 44.6 Å². The lowest BCUT2D eigenvalue weighted by atomic mass is 9.80. The Kier molecular flexibility index (Phi) is 3.50. The van der Waals surface area contributed by atoms with Crippen molar-refractivity contribution in [3.63, 3.8) is 0 Å². The van der Waals surface area contributed by atoms with Gasteiger partial charge in [0.2, 0.25) is 11.8 Å². The van der Waals surface area contributed by atoms with Crippen LogP contribution >= 0.6 is 0 Å². The van der Waals surface area contributed by atoms with Crippen LogP contribution in [0, 0.1) is 5.92 Å². The molecule has 1 heterocycles. The molecule has 106 valence electrons. The Morgan fingerprint density at radius 1 is 1.16 bits per heavy atom. The molecule has 3 aliphatic rings. The van der Waals surface area contributed by atoms with E-state index >= 15 is 0 Å². The van der Waals surface area contributed by atoms with Gasteiger partial charge in [0.15, 0.2) is 0 Å². The molecule has 0 atom stereocenters. The van der Waals surface area contributed by atoms with Crippen LogP contribution in [0.1, 0.15) is 57.8 Å². The van der Waals surface area contributed by atoms with Crippen molar-refractivity contribution in [3.8, 4) is 0 Å². The molecular formula is C15H24N2O2. The third-order valence-corrected chi connectivity index (χ3v) is 4.90. The fraction of sp³-hybridized carbons (Fsp3) is 0.867. The van der Waals surface area contributed by atoms with E-state index in [-0.39, 0.29) is 11.8 Å². The van der Waals surface area contributed by atoms with Crippen molar-refractivity contribution in [1.82, 2.24) is 10.2 Å². The summed E-state index contributed by atoms with van der Waals surface area (Å²) in [6, 6.07) is 0. The Bertz CT molecular complexity index is 370. The van der Waals surface area contributed by atoms with Crippen LogP contribution in [0.15, 0.2) is 0 Å². The van der Waals surface area contributed by atoms with Crippen LogP contribution < -0.4 is 5.32 Å². The molecule has 1 aliphatic heterocycles. The molecule has 3 rings (SSSR count). The van der Waals surface area contributed by atoms with Crippen molar-refractivity contribution in [3.05, 3.63) is 0 Å². The number of carbonyl (C=O) groups excluding carboxylic acids is 2. The zero-order chi connectivity index (χ0) is 13.3. The molecule has 2 saturated carbocycles. The van der Waals surface area contributed by atoms with Crippen LogP contribution in [-0.4, -0.2) is 35.3 Å². The van der Waals surface area contributed by atoms with Gasteiger partial charge in [-0.25, -0.2) is 0 Å². The number of hydrogen-bond acceptors (Lipinski definition) is 2. The summed E-state index contributed by atoms with van der Waals surface area (Å²) in [5.74, 6) is 1.09. The Hall–Kier alpha value is -1.06. The van der Waals surface area contributed by atoms with Gasteiger partial charge in [0, 0.05) is 19.5 Å². The number of nitrogens with one attached hydrogen (secondary N) is 1. The van der Waals surface area contributed by atoms with Gasteiger partial charge in [-0.1, -0.05) is 32.1 Å². The molecule has 3 fully saturated rings. The first kappa shape index (κ1) is 12.9. The predicted molar refractivity (Wildman–Crippen MR) is 72.5 cm³/mol. The molecular weight excluding hydrogens is 240 g/mol. The summed E-state index contributed by atoms with van der Waals surface area (Å²) in [4.78, 5) is 26.7. The zero-order valence-electron chi connectivity index (χ0n) is 11.6. The summed E-state index contributed by atoms with van der Waals surface area (Å²) in [5.41, 5.74) is -0.560. The summed E-state index contributed by atoms with van der Waals surface area (Å²) in [6.07, 6.45) is 9.20. The minimum absolute atomic E-state index is 0.0594. The third kappa shape index (κ3) is 2.77. The second kappa shape index (κ2) is 5.14. The number of nitrogens with zero attached hydrogens (tertiary/aromatic N) is 1. The molecule has 1 spiro atoms. The molecule has 2 amide bonds. The summed E-state index contributed by atoms with van der Waals surface area (Å²) in [7, 11) is 0. The second-order valence-corrected chi connectivity index (χ2v) is 6.47. The van der Waals surface area contributed by atoms with Crippen molar-refractivity contribution >= 4 is 11.8 Å². The number of rotatable bonds is 3. The van der Waals surface area contributed by atoms with Gasteiger partial charge in [0.1, 0.15) is 5.54 Å². The average Bonchev–Trinajstić information content (AvgIpc) is 3.23. The first-order chi connectivity index (χ1) is 9.20. The highest BCUT2D eigenvalue weighted by Crippen LogP contribution is 2.34. The summed E-state index contributed by atoms with van der Waals surface area (Å²) in [6.45, 7) is 1.46. The lowest BCUT2D eigenvalue weighted by Gasteiger charge is -2.38. The van der Waals surface area contributed by atoms with E-state index in [1.54, 1.807) is 0 Å². The topological polar surface area (TPSA) is 49.4 Å². The van der Waals surface area contributed by atoms with Gasteiger partial charge < -0.3 is 10.2 Å². The van der Waals surface area contributed by atoms with Gasteiger partial charge in [0.25, 0.3) is 0 Å². The van der Waals surface area contributed by atoms with Crippen LogP contribution in [0.4, 0.5) is 0 Å². The van der Waals surface area contributed by atoms with Crippen molar-refractivity contribution in [2.45, 2.75) is 63.3 Å². The van der Waals surface area contributed by atoms with Gasteiger partial charge >= 0.3 is 0 Å². The lowest BCUT2D eigenvalue weighted by molar-refractivity contribution is -0.140. The fourth-order valence-corrected chi connectivity index (χ4v) is 3.48. The largest absolute Gasteiger partial charge is 0.342 e. The van der Waals surface area contributed by atoms with Gasteiger partial charge in [-0.15, -0.1) is 0 Å². The highest BCUT2D eigenvalue weighted by atomic mass is 16.2. The van der Waals surface area contributed by atoms with Gasteiger partial charge in [-0.3, -0.25) is 9.59 Å². The molecule has 0 bridgehead atoms. The maximum atomic E-state index is 12.8. The number of amides is 2. The van der Waals surface area contributed by atoms with Gasteiger partial charge in [-0.2, -0.15) is 0 Å². The summed E-state index contributed by atoms with van der Waals surface area (Å²) < 4.78 is 0. The zero-order valence-corrected chi connectivity index (χ0v) is 11.6. The van der Waals surface area contributed by atoms with E-state index in [1.165, 1.54) is 19.3 Å². The normalized spacial score (nSPS) is 27.3. The minimum atomic E-state index is -0.560. The minimum Gasteiger partial charge on any atom is -0.342 e. The Balaban J connectivity index is 1.72. The Morgan fingerprint density at radius 3 is 2.58 bits per heavy atom. The van der Waals surface area contributed by atoms with Crippen LogP contribution in [0.5, 0.6) is 0 Å². The molecule has 0 aromatic heterocycles. The average molecular weight is 264 g/mol. The molecule has 4 heteroatoms. The number of carbonyl (C=O) groups is 2. The van der Waals surface area contributed by atoms with Crippen LogP contribution in [-0.2, 0) is 9.59 Å². The van der Waals surface area contributed by atoms with Crippen molar-refractivity contribution in [1.29, 1.82) is 0 Å². The Morgan fingerprint density at radius 2 is 1.89 bits per heavy atom. The quantitative estimate of drug-likeness (QED) is 0.845. The lowest BCUT2D eigenvalue weighted by Crippen LogP contribution is -2.58. The highest BCUT2D eigenvalue weighted by Gasteiger charge is 2.45.